The van der Waals surface area contributed by atoms with Gasteiger partial charge in [0, 0.05) is 0 Å². The molecular weight excluding hydrogens is 381 g/mol. The van der Waals surface area contributed by atoms with Crippen LogP contribution in [0.4, 0.5) is 5.69 Å². The lowest BCUT2D eigenvalue weighted by atomic mass is 10.3. The van der Waals surface area contributed by atoms with Gasteiger partial charge in [-0.05, 0) is 48.5 Å². The molecule has 0 aliphatic rings. The zero-order valence-corrected chi connectivity index (χ0v) is 15.1. The van der Waals surface area contributed by atoms with E-state index in [9.17, 15) is 8.42 Å². The third kappa shape index (κ3) is 4.25. The van der Waals surface area contributed by atoms with Crippen molar-refractivity contribution in [3.8, 4) is 11.5 Å². The van der Waals surface area contributed by atoms with Crippen LogP contribution in [0.5, 0.6) is 11.5 Å². The summed E-state index contributed by atoms with van der Waals surface area (Å²) in [6.45, 7) is 0. The van der Waals surface area contributed by atoms with E-state index < -0.39 is 10.0 Å². The van der Waals surface area contributed by atoms with Crippen molar-refractivity contribution >= 4 is 38.9 Å². The van der Waals surface area contributed by atoms with E-state index in [1.807, 2.05) is 30.3 Å². The van der Waals surface area contributed by atoms with Crippen molar-refractivity contribution in [2.75, 3.05) is 4.72 Å². The molecule has 1 N–H and O–H groups in total. The molecule has 25 heavy (non-hydrogen) atoms. The number of ether oxygens (including phenoxy) is 1. The maximum absolute atomic E-state index is 12.5. The molecule has 128 valence electrons. The number of hydrogen-bond acceptors (Lipinski definition) is 3. The Balaban J connectivity index is 1.81. The maximum atomic E-state index is 12.5. The highest BCUT2D eigenvalue weighted by atomic mass is 35.5. The second kappa shape index (κ2) is 7.35. The third-order valence-corrected chi connectivity index (χ3v) is 5.31. The van der Waals surface area contributed by atoms with Gasteiger partial charge in [0.1, 0.15) is 11.5 Å². The van der Waals surface area contributed by atoms with E-state index >= 15 is 0 Å². The van der Waals surface area contributed by atoms with E-state index in [0.717, 1.165) is 0 Å². The molecule has 0 heterocycles. The molecule has 0 aromatic heterocycles. The van der Waals surface area contributed by atoms with E-state index in [4.69, 9.17) is 27.9 Å². The van der Waals surface area contributed by atoms with Crippen molar-refractivity contribution in [3.05, 3.63) is 82.8 Å². The molecule has 0 unspecified atom stereocenters. The van der Waals surface area contributed by atoms with Crippen LogP contribution in [-0.2, 0) is 10.0 Å². The molecule has 0 spiro atoms. The van der Waals surface area contributed by atoms with Gasteiger partial charge in [-0.3, -0.25) is 4.72 Å². The second-order valence-corrected chi connectivity index (χ2v) is 7.59. The number of rotatable bonds is 5. The maximum Gasteiger partial charge on any atom is 0.261 e. The molecule has 0 amide bonds. The molecule has 7 heteroatoms. The summed E-state index contributed by atoms with van der Waals surface area (Å²) in [5, 5.41) is 0.445. The number of para-hydroxylation sites is 2. The average Bonchev–Trinajstić information content (AvgIpc) is 2.60. The molecule has 3 aromatic carbocycles. The number of benzene rings is 3. The number of nitrogens with one attached hydrogen (secondary N) is 1. The van der Waals surface area contributed by atoms with E-state index in [2.05, 4.69) is 4.72 Å². The Morgan fingerprint density at radius 2 is 1.28 bits per heavy atom. The summed E-state index contributed by atoms with van der Waals surface area (Å²) in [7, 11) is -3.82. The summed E-state index contributed by atoms with van der Waals surface area (Å²) in [5.41, 5.74) is 0.149. The summed E-state index contributed by atoms with van der Waals surface area (Å²) >= 11 is 12.0. The van der Waals surface area contributed by atoms with Crippen LogP contribution in [0.2, 0.25) is 10.0 Å². The van der Waals surface area contributed by atoms with Crippen molar-refractivity contribution < 1.29 is 13.2 Å². The van der Waals surface area contributed by atoms with Gasteiger partial charge in [-0.25, -0.2) is 8.42 Å². The molecule has 0 fully saturated rings. The molecular formula is C18H13Cl2NO3S. The highest BCUT2D eigenvalue weighted by Crippen LogP contribution is 2.32. The van der Waals surface area contributed by atoms with Crippen LogP contribution in [0.3, 0.4) is 0 Å². The molecule has 3 rings (SSSR count). The van der Waals surface area contributed by atoms with Crippen LogP contribution >= 0.6 is 23.2 Å². The highest BCUT2D eigenvalue weighted by Gasteiger charge is 2.17. The number of sulfonamides is 1. The van der Waals surface area contributed by atoms with Crippen molar-refractivity contribution in [1.82, 2.24) is 0 Å². The Kier molecular flexibility index (Phi) is 5.18. The van der Waals surface area contributed by atoms with E-state index in [-0.39, 0.29) is 20.6 Å². The third-order valence-electron chi connectivity index (χ3n) is 3.31. The predicted molar refractivity (Wildman–Crippen MR) is 100 cm³/mol. The topological polar surface area (TPSA) is 55.4 Å². The minimum Gasteiger partial charge on any atom is -0.457 e. The Morgan fingerprint density at radius 1 is 0.720 bits per heavy atom. The van der Waals surface area contributed by atoms with Crippen LogP contribution in [0, 0.1) is 0 Å². The zero-order chi connectivity index (χ0) is 17.9. The fourth-order valence-electron chi connectivity index (χ4n) is 2.10. The molecule has 0 aliphatic heterocycles. The van der Waals surface area contributed by atoms with E-state index in [1.54, 1.807) is 30.3 Å². The molecule has 3 aromatic rings. The minimum atomic E-state index is -3.82. The number of hydrogen-bond donors (Lipinski definition) is 1. The van der Waals surface area contributed by atoms with Crippen LogP contribution in [0.25, 0.3) is 0 Å². The summed E-state index contributed by atoms with van der Waals surface area (Å²) in [6, 6.07) is 20.0. The van der Waals surface area contributed by atoms with Crippen molar-refractivity contribution in [1.29, 1.82) is 0 Å². The fraction of sp³-hybridized carbons (Fsp3) is 0. The van der Waals surface area contributed by atoms with Gasteiger partial charge in [-0.1, -0.05) is 47.5 Å². The first-order valence-corrected chi connectivity index (χ1v) is 9.49. The fourth-order valence-corrected chi connectivity index (χ4v) is 3.80. The molecule has 0 saturated heterocycles. The molecule has 0 atom stereocenters. The monoisotopic (exact) mass is 393 g/mol. The molecule has 4 nitrogen and oxygen atoms in total. The van der Waals surface area contributed by atoms with Crippen LogP contribution in [0.15, 0.2) is 77.7 Å². The van der Waals surface area contributed by atoms with Gasteiger partial charge in [0.15, 0.2) is 0 Å². The van der Waals surface area contributed by atoms with Gasteiger partial charge in [-0.2, -0.15) is 0 Å². The normalized spacial score (nSPS) is 11.1. The Labute approximate surface area is 156 Å². The second-order valence-electron chi connectivity index (χ2n) is 5.09. The van der Waals surface area contributed by atoms with Gasteiger partial charge in [-0.15, -0.1) is 0 Å². The number of anilines is 1. The van der Waals surface area contributed by atoms with Gasteiger partial charge >= 0.3 is 0 Å². The van der Waals surface area contributed by atoms with Gasteiger partial charge < -0.3 is 4.74 Å². The lowest BCUT2D eigenvalue weighted by molar-refractivity contribution is 0.482. The smallest absolute Gasteiger partial charge is 0.261 e. The largest absolute Gasteiger partial charge is 0.457 e. The van der Waals surface area contributed by atoms with Crippen molar-refractivity contribution in [2.45, 2.75) is 4.90 Å². The van der Waals surface area contributed by atoms with E-state index in [1.165, 1.54) is 12.1 Å². The quantitative estimate of drug-likeness (QED) is 0.614. The Morgan fingerprint density at radius 3 is 1.88 bits per heavy atom. The first kappa shape index (κ1) is 17.6. The first-order chi connectivity index (χ1) is 12.0. The Hall–Kier alpha value is -2.21. The van der Waals surface area contributed by atoms with Crippen molar-refractivity contribution in [2.24, 2.45) is 0 Å². The van der Waals surface area contributed by atoms with E-state index in [0.29, 0.717) is 11.5 Å². The lowest BCUT2D eigenvalue weighted by Gasteiger charge is -2.12. The summed E-state index contributed by atoms with van der Waals surface area (Å²) < 4.78 is 33.1. The highest BCUT2D eigenvalue weighted by molar-refractivity contribution is 7.92. The van der Waals surface area contributed by atoms with Gasteiger partial charge in [0.25, 0.3) is 10.0 Å². The lowest BCUT2D eigenvalue weighted by Crippen LogP contribution is -2.13. The van der Waals surface area contributed by atoms with Crippen LogP contribution < -0.4 is 9.46 Å². The summed E-state index contributed by atoms with van der Waals surface area (Å²) in [4.78, 5) is 0.0731. The Bertz CT molecular complexity index is 955. The van der Waals surface area contributed by atoms with Crippen LogP contribution in [0.1, 0.15) is 0 Å². The molecule has 0 bridgehead atoms. The summed E-state index contributed by atoms with van der Waals surface area (Å²) in [6.07, 6.45) is 0. The minimum absolute atomic E-state index is 0.0731. The van der Waals surface area contributed by atoms with Crippen LogP contribution in [-0.4, -0.2) is 8.42 Å². The molecule has 0 aliphatic carbocycles. The molecule has 0 saturated carbocycles. The first-order valence-electron chi connectivity index (χ1n) is 7.25. The van der Waals surface area contributed by atoms with Crippen molar-refractivity contribution in [3.63, 3.8) is 0 Å². The number of halogens is 2. The van der Waals surface area contributed by atoms with Gasteiger partial charge in [0.2, 0.25) is 0 Å². The zero-order valence-electron chi connectivity index (χ0n) is 12.8. The predicted octanol–water partition coefficient (Wildman–Crippen LogP) is 5.59. The average molecular weight is 394 g/mol. The SMILES string of the molecule is O=S(=O)(Nc1c(Cl)cccc1Cl)c1ccc(Oc2ccccc2)cc1. The van der Waals surface area contributed by atoms with Gasteiger partial charge in [0.05, 0.1) is 20.6 Å². The summed E-state index contributed by atoms with van der Waals surface area (Å²) in [5.74, 6) is 1.19. The standard InChI is InChI=1S/C18H13Cl2NO3S/c19-16-7-4-8-17(20)18(16)21-25(22,23)15-11-9-14(10-12-15)24-13-5-2-1-3-6-13/h1-12,21H. The molecule has 0 radical (unpaired) electrons.